The molecule has 0 saturated heterocycles. The third-order valence-electron chi connectivity index (χ3n) is 5.41. The van der Waals surface area contributed by atoms with Gasteiger partial charge in [-0.05, 0) is 47.4 Å². The van der Waals surface area contributed by atoms with Crippen LogP contribution in [0.15, 0.2) is 30.3 Å². The van der Waals surface area contributed by atoms with Gasteiger partial charge in [0.2, 0.25) is 0 Å². The summed E-state index contributed by atoms with van der Waals surface area (Å²) in [6.45, 7) is -0.254. The Kier molecular flexibility index (Phi) is 5.65. The Balaban J connectivity index is 2.25. The topological polar surface area (TPSA) is 105 Å². The van der Waals surface area contributed by atoms with Crippen molar-refractivity contribution in [2.45, 2.75) is 12.3 Å². The van der Waals surface area contributed by atoms with E-state index in [0.717, 1.165) is 11.1 Å². The summed E-state index contributed by atoms with van der Waals surface area (Å²) < 4.78 is 16.0. The first-order valence-electron chi connectivity index (χ1n) is 8.90. The number of rotatable bonds is 6. The van der Waals surface area contributed by atoms with Crippen LogP contribution in [0.2, 0.25) is 0 Å². The van der Waals surface area contributed by atoms with Crippen LogP contribution < -0.4 is 14.2 Å². The highest BCUT2D eigenvalue weighted by atomic mass is 16.5. The maximum Gasteiger partial charge on any atom is 0.307 e. The summed E-state index contributed by atoms with van der Waals surface area (Å²) in [5.74, 6) is -1.56. The number of carboxylic acid groups (broad SMARTS) is 1. The van der Waals surface area contributed by atoms with Crippen molar-refractivity contribution >= 4 is 5.97 Å². The van der Waals surface area contributed by atoms with Crippen LogP contribution in [-0.2, 0) is 11.2 Å². The average Bonchev–Trinajstić information content (AvgIpc) is 2.71. The van der Waals surface area contributed by atoms with E-state index in [4.69, 9.17) is 14.2 Å². The van der Waals surface area contributed by atoms with Crippen molar-refractivity contribution in [3.8, 4) is 23.0 Å². The number of phenols is 1. The Labute approximate surface area is 163 Å². The number of methoxy groups -OCH3 is 3. The van der Waals surface area contributed by atoms with Gasteiger partial charge in [0, 0.05) is 18.4 Å². The summed E-state index contributed by atoms with van der Waals surface area (Å²) >= 11 is 0. The van der Waals surface area contributed by atoms with Crippen molar-refractivity contribution in [1.82, 2.24) is 0 Å². The summed E-state index contributed by atoms with van der Waals surface area (Å²) in [4.78, 5) is 12.2. The lowest BCUT2D eigenvalue weighted by Crippen LogP contribution is -2.37. The van der Waals surface area contributed by atoms with Crippen molar-refractivity contribution in [3.05, 3.63) is 47.0 Å². The first-order valence-corrected chi connectivity index (χ1v) is 8.90. The third-order valence-corrected chi connectivity index (χ3v) is 5.41. The number of carbonyl (C=O) groups is 1. The van der Waals surface area contributed by atoms with Gasteiger partial charge in [0.05, 0.1) is 27.2 Å². The van der Waals surface area contributed by atoms with Crippen LogP contribution in [0.25, 0.3) is 0 Å². The standard InChI is InChI=1S/C21H24O7/c1-26-16-7-11(4-5-15(16)23)19-14-9-18(28-3)17(27-2)8-12(14)6-13(10-22)20(19)21(24)25/h4-5,7-9,13,19-20,22-23H,6,10H2,1-3H3,(H,24,25)/t13-,19?,20-/m1/s1. The highest BCUT2D eigenvalue weighted by molar-refractivity contribution is 5.74. The third kappa shape index (κ3) is 3.33. The predicted molar refractivity (Wildman–Crippen MR) is 101 cm³/mol. The van der Waals surface area contributed by atoms with Crippen LogP contribution in [0.3, 0.4) is 0 Å². The fourth-order valence-electron chi connectivity index (χ4n) is 4.08. The van der Waals surface area contributed by atoms with E-state index in [-0.39, 0.29) is 18.1 Å². The number of aliphatic hydroxyl groups is 1. The average molecular weight is 388 g/mol. The Morgan fingerprint density at radius 3 is 2.25 bits per heavy atom. The van der Waals surface area contributed by atoms with Gasteiger partial charge in [-0.15, -0.1) is 0 Å². The molecule has 0 heterocycles. The number of aliphatic carboxylic acids is 1. The Hall–Kier alpha value is -2.93. The zero-order valence-electron chi connectivity index (χ0n) is 16.0. The lowest BCUT2D eigenvalue weighted by Gasteiger charge is -2.37. The molecule has 3 rings (SSSR count). The van der Waals surface area contributed by atoms with Gasteiger partial charge in [0.1, 0.15) is 0 Å². The van der Waals surface area contributed by atoms with Gasteiger partial charge in [0.15, 0.2) is 23.0 Å². The van der Waals surface area contributed by atoms with Crippen LogP contribution in [-0.4, -0.2) is 49.2 Å². The van der Waals surface area contributed by atoms with Crippen LogP contribution in [0.4, 0.5) is 0 Å². The molecule has 150 valence electrons. The quantitative estimate of drug-likeness (QED) is 0.698. The highest BCUT2D eigenvalue weighted by Crippen LogP contribution is 2.48. The molecule has 1 aliphatic carbocycles. The monoisotopic (exact) mass is 388 g/mol. The highest BCUT2D eigenvalue weighted by Gasteiger charge is 2.42. The van der Waals surface area contributed by atoms with Crippen LogP contribution in [0, 0.1) is 11.8 Å². The smallest absolute Gasteiger partial charge is 0.307 e. The largest absolute Gasteiger partial charge is 0.504 e. The Morgan fingerprint density at radius 1 is 1.04 bits per heavy atom. The van der Waals surface area contributed by atoms with Crippen LogP contribution in [0.1, 0.15) is 22.6 Å². The van der Waals surface area contributed by atoms with Gasteiger partial charge in [-0.1, -0.05) is 6.07 Å². The van der Waals surface area contributed by atoms with E-state index in [2.05, 4.69) is 0 Å². The molecule has 28 heavy (non-hydrogen) atoms. The zero-order chi connectivity index (χ0) is 20.4. The molecule has 0 spiro atoms. The molecule has 0 radical (unpaired) electrons. The summed E-state index contributed by atoms with van der Waals surface area (Å²) in [6, 6.07) is 8.42. The molecule has 7 heteroatoms. The molecule has 3 N–H and O–H groups in total. The molecule has 0 aromatic heterocycles. The Morgan fingerprint density at radius 2 is 1.68 bits per heavy atom. The number of aliphatic hydroxyl groups excluding tert-OH is 1. The minimum atomic E-state index is -0.989. The molecule has 0 bridgehead atoms. The minimum absolute atomic E-state index is 0.0276. The van der Waals surface area contributed by atoms with Crippen molar-refractivity contribution in [3.63, 3.8) is 0 Å². The van der Waals surface area contributed by atoms with Gasteiger partial charge in [-0.25, -0.2) is 0 Å². The number of fused-ring (bicyclic) bond motifs is 1. The second kappa shape index (κ2) is 7.98. The second-order valence-corrected chi connectivity index (χ2v) is 6.83. The molecular weight excluding hydrogens is 364 g/mol. The summed E-state index contributed by atoms with van der Waals surface area (Å²) in [5.41, 5.74) is 2.36. The molecule has 0 saturated carbocycles. The van der Waals surface area contributed by atoms with E-state index in [1.54, 1.807) is 25.3 Å². The van der Waals surface area contributed by atoms with Gasteiger partial charge in [-0.2, -0.15) is 0 Å². The fourth-order valence-corrected chi connectivity index (χ4v) is 4.08. The van der Waals surface area contributed by atoms with E-state index < -0.39 is 23.7 Å². The molecule has 0 amide bonds. The number of hydrogen-bond acceptors (Lipinski definition) is 6. The number of benzene rings is 2. The summed E-state index contributed by atoms with van der Waals surface area (Å²) in [7, 11) is 4.50. The maximum absolute atomic E-state index is 12.2. The number of carboxylic acids is 1. The molecule has 0 fully saturated rings. The normalized spacial score (nSPS) is 20.9. The fraction of sp³-hybridized carbons (Fsp3) is 0.381. The van der Waals surface area contributed by atoms with Gasteiger partial charge in [-0.3, -0.25) is 4.79 Å². The molecular formula is C21H24O7. The maximum atomic E-state index is 12.2. The molecule has 3 atom stereocenters. The lowest BCUT2D eigenvalue weighted by molar-refractivity contribution is -0.145. The van der Waals surface area contributed by atoms with Gasteiger partial charge in [0.25, 0.3) is 0 Å². The minimum Gasteiger partial charge on any atom is -0.504 e. The van der Waals surface area contributed by atoms with Crippen molar-refractivity contribution in [1.29, 1.82) is 0 Å². The van der Waals surface area contributed by atoms with E-state index in [0.29, 0.717) is 23.5 Å². The molecule has 7 nitrogen and oxygen atoms in total. The van der Waals surface area contributed by atoms with Crippen LogP contribution >= 0.6 is 0 Å². The molecule has 2 aromatic rings. The molecule has 1 aliphatic rings. The van der Waals surface area contributed by atoms with Gasteiger partial charge < -0.3 is 29.5 Å². The second-order valence-electron chi connectivity index (χ2n) is 6.83. The van der Waals surface area contributed by atoms with E-state index in [1.807, 2.05) is 6.07 Å². The first-order chi connectivity index (χ1) is 13.4. The first kappa shape index (κ1) is 19.8. The predicted octanol–water partition coefficient (Wildman–Crippen LogP) is 2.42. The van der Waals surface area contributed by atoms with Crippen LogP contribution in [0.5, 0.6) is 23.0 Å². The number of aromatic hydroxyl groups is 1. The number of hydrogen-bond donors (Lipinski definition) is 3. The van der Waals surface area contributed by atoms with E-state index in [1.165, 1.54) is 20.3 Å². The Bertz CT molecular complexity index is 877. The lowest BCUT2D eigenvalue weighted by atomic mass is 9.66. The van der Waals surface area contributed by atoms with Crippen molar-refractivity contribution in [2.24, 2.45) is 11.8 Å². The summed E-state index contributed by atoms with van der Waals surface area (Å²) in [5, 5.41) is 29.8. The number of ether oxygens (including phenoxy) is 3. The van der Waals surface area contributed by atoms with E-state index >= 15 is 0 Å². The molecule has 1 unspecified atom stereocenters. The number of phenolic OH excluding ortho intramolecular Hbond substituents is 1. The SMILES string of the molecule is COc1cc(C2c3cc(OC)c(OC)cc3C[C@H](CO)[C@H]2C(=O)O)ccc1O. The summed E-state index contributed by atoms with van der Waals surface area (Å²) in [6.07, 6.45) is 0.412. The molecule has 0 aliphatic heterocycles. The molecule has 2 aromatic carbocycles. The zero-order valence-corrected chi connectivity index (χ0v) is 16.0. The van der Waals surface area contributed by atoms with E-state index in [9.17, 15) is 20.1 Å². The van der Waals surface area contributed by atoms with Crippen molar-refractivity contribution < 1.29 is 34.3 Å². The van der Waals surface area contributed by atoms with Gasteiger partial charge >= 0.3 is 5.97 Å². The van der Waals surface area contributed by atoms with Crippen molar-refractivity contribution in [2.75, 3.05) is 27.9 Å².